The van der Waals surface area contributed by atoms with Gasteiger partial charge in [-0.15, -0.1) is 0 Å². The maximum Gasteiger partial charge on any atom is 0.220 e. The lowest BCUT2D eigenvalue weighted by Crippen LogP contribution is -2.34. The third-order valence-electron chi connectivity index (χ3n) is 3.97. The zero-order valence-electron chi connectivity index (χ0n) is 11.0. The quantitative estimate of drug-likeness (QED) is 0.697. The molecule has 2 aliphatic carbocycles. The van der Waals surface area contributed by atoms with Gasteiger partial charge >= 0.3 is 0 Å². The number of amides is 1. The smallest absolute Gasteiger partial charge is 0.220 e. The van der Waals surface area contributed by atoms with Gasteiger partial charge in [-0.3, -0.25) is 4.79 Å². The van der Waals surface area contributed by atoms with E-state index >= 15 is 0 Å². The predicted octanol–water partition coefficient (Wildman–Crippen LogP) is 2.21. The van der Waals surface area contributed by atoms with E-state index in [2.05, 4.69) is 17.6 Å². The monoisotopic (exact) mass is 238 g/mol. The highest BCUT2D eigenvalue weighted by molar-refractivity contribution is 5.76. The van der Waals surface area contributed by atoms with Crippen LogP contribution in [0.1, 0.15) is 58.3 Å². The Morgan fingerprint density at radius 1 is 1.06 bits per heavy atom. The largest absolute Gasteiger partial charge is 0.353 e. The second-order valence-electron chi connectivity index (χ2n) is 5.86. The lowest BCUT2D eigenvalue weighted by atomic mass is 9.87. The van der Waals surface area contributed by atoms with E-state index in [0.29, 0.717) is 18.5 Å². The van der Waals surface area contributed by atoms with Gasteiger partial charge in [0.1, 0.15) is 0 Å². The summed E-state index contributed by atoms with van der Waals surface area (Å²) in [7, 11) is 0. The zero-order valence-corrected chi connectivity index (χ0v) is 11.0. The first-order chi connectivity index (χ1) is 8.24. The van der Waals surface area contributed by atoms with Crippen molar-refractivity contribution in [2.24, 2.45) is 5.92 Å². The fourth-order valence-corrected chi connectivity index (χ4v) is 2.55. The van der Waals surface area contributed by atoms with Crippen LogP contribution in [0.15, 0.2) is 0 Å². The Kier molecular flexibility index (Phi) is 4.84. The van der Waals surface area contributed by atoms with Crippen molar-refractivity contribution in [3.05, 3.63) is 0 Å². The normalized spacial score (nSPS) is 29.0. The summed E-state index contributed by atoms with van der Waals surface area (Å²) in [4.78, 5) is 11.4. The summed E-state index contributed by atoms with van der Waals surface area (Å²) in [6.07, 6.45) is 9.39. The summed E-state index contributed by atoms with van der Waals surface area (Å²) in [6.45, 7) is 3.34. The Morgan fingerprint density at radius 3 is 2.35 bits per heavy atom. The van der Waals surface area contributed by atoms with Crippen molar-refractivity contribution >= 4 is 5.91 Å². The molecule has 0 aliphatic heterocycles. The van der Waals surface area contributed by atoms with E-state index in [0.717, 1.165) is 18.9 Å². The molecule has 2 rings (SSSR count). The van der Waals surface area contributed by atoms with Crippen molar-refractivity contribution < 1.29 is 4.79 Å². The van der Waals surface area contributed by atoms with Crippen LogP contribution < -0.4 is 10.6 Å². The fourth-order valence-electron chi connectivity index (χ4n) is 2.55. The Balaban J connectivity index is 1.46. The SMILES string of the molecule is CC1CCC(NCCCC(=O)NC2CC2)CC1. The average Bonchev–Trinajstić information content (AvgIpc) is 3.11. The van der Waals surface area contributed by atoms with Gasteiger partial charge in [0.15, 0.2) is 0 Å². The molecular weight excluding hydrogens is 212 g/mol. The molecule has 2 saturated carbocycles. The molecule has 1 amide bonds. The molecule has 3 nitrogen and oxygen atoms in total. The van der Waals surface area contributed by atoms with Gasteiger partial charge in [0.05, 0.1) is 0 Å². The molecule has 0 unspecified atom stereocenters. The van der Waals surface area contributed by atoms with E-state index in [4.69, 9.17) is 0 Å². The Labute approximate surface area is 105 Å². The molecule has 0 radical (unpaired) electrons. The van der Waals surface area contributed by atoms with Gasteiger partial charge in [-0.2, -0.15) is 0 Å². The topological polar surface area (TPSA) is 41.1 Å². The molecule has 3 heteroatoms. The fraction of sp³-hybridized carbons (Fsp3) is 0.929. The first-order valence-corrected chi connectivity index (χ1v) is 7.27. The lowest BCUT2D eigenvalue weighted by Gasteiger charge is -2.27. The van der Waals surface area contributed by atoms with Gasteiger partial charge in [0, 0.05) is 18.5 Å². The summed E-state index contributed by atoms with van der Waals surface area (Å²) in [5.41, 5.74) is 0. The molecule has 0 aromatic rings. The molecule has 0 heterocycles. The number of hydrogen-bond acceptors (Lipinski definition) is 2. The molecule has 0 atom stereocenters. The first-order valence-electron chi connectivity index (χ1n) is 7.27. The van der Waals surface area contributed by atoms with Crippen molar-refractivity contribution in [1.29, 1.82) is 0 Å². The second-order valence-corrected chi connectivity index (χ2v) is 5.86. The molecule has 98 valence electrons. The van der Waals surface area contributed by atoms with E-state index < -0.39 is 0 Å². The Morgan fingerprint density at radius 2 is 1.71 bits per heavy atom. The van der Waals surface area contributed by atoms with E-state index in [-0.39, 0.29) is 5.91 Å². The van der Waals surface area contributed by atoms with Crippen molar-refractivity contribution in [3.63, 3.8) is 0 Å². The van der Waals surface area contributed by atoms with Crippen LogP contribution in [0.5, 0.6) is 0 Å². The number of rotatable bonds is 6. The summed E-state index contributed by atoms with van der Waals surface area (Å²) in [5.74, 6) is 1.16. The van der Waals surface area contributed by atoms with Crippen LogP contribution in [0, 0.1) is 5.92 Å². The highest BCUT2D eigenvalue weighted by Gasteiger charge is 2.22. The summed E-state index contributed by atoms with van der Waals surface area (Å²) >= 11 is 0. The molecule has 0 aromatic carbocycles. The number of carbonyl (C=O) groups is 1. The molecule has 0 saturated heterocycles. The van der Waals surface area contributed by atoms with Gasteiger partial charge in [-0.05, 0) is 57.4 Å². The molecule has 0 aromatic heterocycles. The van der Waals surface area contributed by atoms with Crippen LogP contribution in [-0.4, -0.2) is 24.5 Å². The van der Waals surface area contributed by atoms with Gasteiger partial charge in [-0.25, -0.2) is 0 Å². The molecule has 2 N–H and O–H groups in total. The van der Waals surface area contributed by atoms with Crippen LogP contribution in [0.2, 0.25) is 0 Å². The van der Waals surface area contributed by atoms with Crippen LogP contribution in [-0.2, 0) is 4.79 Å². The summed E-state index contributed by atoms with van der Waals surface area (Å²) in [6, 6.07) is 1.22. The highest BCUT2D eigenvalue weighted by atomic mass is 16.1. The minimum atomic E-state index is 0.242. The molecule has 2 fully saturated rings. The Bertz CT molecular complexity index is 243. The maximum absolute atomic E-state index is 11.4. The number of carbonyl (C=O) groups excluding carboxylic acids is 1. The van der Waals surface area contributed by atoms with Crippen LogP contribution in [0.25, 0.3) is 0 Å². The van der Waals surface area contributed by atoms with E-state index in [9.17, 15) is 4.79 Å². The third kappa shape index (κ3) is 5.07. The van der Waals surface area contributed by atoms with Crippen molar-refractivity contribution in [3.8, 4) is 0 Å². The van der Waals surface area contributed by atoms with E-state index in [1.807, 2.05) is 0 Å². The van der Waals surface area contributed by atoms with Crippen molar-refractivity contribution in [2.75, 3.05) is 6.54 Å². The van der Waals surface area contributed by atoms with Crippen LogP contribution >= 0.6 is 0 Å². The molecule has 2 aliphatic rings. The highest BCUT2D eigenvalue weighted by Crippen LogP contribution is 2.23. The first kappa shape index (κ1) is 12.9. The van der Waals surface area contributed by atoms with E-state index in [1.165, 1.54) is 38.5 Å². The van der Waals surface area contributed by atoms with Gasteiger partial charge in [-0.1, -0.05) is 6.92 Å². The second kappa shape index (κ2) is 6.39. The predicted molar refractivity (Wildman–Crippen MR) is 69.8 cm³/mol. The van der Waals surface area contributed by atoms with Crippen LogP contribution in [0.3, 0.4) is 0 Å². The Hall–Kier alpha value is -0.570. The molecule has 17 heavy (non-hydrogen) atoms. The third-order valence-corrected chi connectivity index (χ3v) is 3.97. The minimum Gasteiger partial charge on any atom is -0.353 e. The maximum atomic E-state index is 11.4. The summed E-state index contributed by atoms with van der Waals surface area (Å²) < 4.78 is 0. The molecular formula is C14H26N2O. The molecule has 0 bridgehead atoms. The number of hydrogen-bond donors (Lipinski definition) is 2. The summed E-state index contributed by atoms with van der Waals surface area (Å²) in [5, 5.41) is 6.62. The minimum absolute atomic E-state index is 0.242. The van der Waals surface area contributed by atoms with Gasteiger partial charge < -0.3 is 10.6 Å². The van der Waals surface area contributed by atoms with Gasteiger partial charge in [0.25, 0.3) is 0 Å². The average molecular weight is 238 g/mol. The van der Waals surface area contributed by atoms with Gasteiger partial charge in [0.2, 0.25) is 5.91 Å². The lowest BCUT2D eigenvalue weighted by molar-refractivity contribution is -0.121. The molecule has 0 spiro atoms. The standard InChI is InChI=1S/C14H26N2O/c1-11-4-6-12(7-5-11)15-10-2-3-14(17)16-13-8-9-13/h11-13,15H,2-10H2,1H3,(H,16,17). The van der Waals surface area contributed by atoms with Crippen molar-refractivity contribution in [1.82, 2.24) is 10.6 Å². The zero-order chi connectivity index (χ0) is 12.1. The van der Waals surface area contributed by atoms with Crippen LogP contribution in [0.4, 0.5) is 0 Å². The van der Waals surface area contributed by atoms with E-state index in [1.54, 1.807) is 0 Å². The van der Waals surface area contributed by atoms with Crippen molar-refractivity contribution in [2.45, 2.75) is 70.4 Å². The number of nitrogens with one attached hydrogen (secondary N) is 2.